The molecule has 110 valence electrons. The molecule has 4 heteroatoms. The van der Waals surface area contributed by atoms with E-state index in [-0.39, 0.29) is 0 Å². The van der Waals surface area contributed by atoms with Gasteiger partial charge >= 0.3 is 0 Å². The van der Waals surface area contributed by atoms with Gasteiger partial charge in [-0.15, -0.1) is 0 Å². The number of hydrogen-bond donors (Lipinski definition) is 0. The summed E-state index contributed by atoms with van der Waals surface area (Å²) in [4.78, 5) is 2.24. The first kappa shape index (κ1) is 15.1. The van der Waals surface area contributed by atoms with Gasteiger partial charge < -0.3 is 9.47 Å². The highest BCUT2D eigenvalue weighted by molar-refractivity contribution is 9.10. The molecule has 3 rings (SSSR count). The number of aromatic nitrogens is 1. The van der Waals surface area contributed by atoms with Gasteiger partial charge in [0.05, 0.1) is 11.0 Å². The number of halogens is 2. The molecule has 0 bridgehead atoms. The predicted molar refractivity (Wildman–Crippen MR) is 98.0 cm³/mol. The van der Waals surface area contributed by atoms with E-state index >= 15 is 0 Å². The van der Waals surface area contributed by atoms with Crippen LogP contribution in [0.15, 0.2) is 45.3 Å². The molecular weight excluding hydrogens is 392 g/mol. The molecule has 0 aliphatic carbocycles. The number of benzene rings is 2. The Labute approximate surface area is 142 Å². The lowest BCUT2D eigenvalue weighted by Crippen LogP contribution is -2.15. The van der Waals surface area contributed by atoms with Gasteiger partial charge in [-0.25, -0.2) is 0 Å². The van der Waals surface area contributed by atoms with E-state index in [1.165, 1.54) is 21.8 Å². The van der Waals surface area contributed by atoms with Crippen molar-refractivity contribution in [3.63, 3.8) is 0 Å². The van der Waals surface area contributed by atoms with Gasteiger partial charge in [0.15, 0.2) is 0 Å². The van der Waals surface area contributed by atoms with Crippen molar-refractivity contribution in [1.82, 2.24) is 9.47 Å². The molecular formula is C17H18Br2N2. The molecule has 0 atom stereocenters. The monoisotopic (exact) mass is 408 g/mol. The van der Waals surface area contributed by atoms with Gasteiger partial charge in [-0.05, 0) is 51.3 Å². The second kappa shape index (κ2) is 6.11. The molecule has 0 unspecified atom stereocenters. The Balaban J connectivity index is 2.16. The molecule has 0 N–H and O–H groups in total. The molecule has 0 amide bonds. The van der Waals surface area contributed by atoms with Crippen LogP contribution < -0.4 is 0 Å². The van der Waals surface area contributed by atoms with Crippen LogP contribution in [0.2, 0.25) is 0 Å². The first-order chi connectivity index (χ1) is 10.1. The van der Waals surface area contributed by atoms with Crippen LogP contribution in [-0.4, -0.2) is 30.1 Å². The molecule has 2 nitrogen and oxygen atoms in total. The Morgan fingerprint density at radius 3 is 1.90 bits per heavy atom. The van der Waals surface area contributed by atoms with Crippen LogP contribution in [0.1, 0.15) is 6.42 Å². The quantitative estimate of drug-likeness (QED) is 0.569. The molecule has 0 aliphatic heterocycles. The highest BCUT2D eigenvalue weighted by Crippen LogP contribution is 2.32. The Bertz CT molecular complexity index is 731. The molecule has 3 aromatic rings. The first-order valence-corrected chi connectivity index (χ1v) is 8.66. The predicted octanol–water partition coefficient (Wildman–Crippen LogP) is 5.27. The summed E-state index contributed by atoms with van der Waals surface area (Å²) in [5.41, 5.74) is 2.60. The normalized spacial score (nSPS) is 11.9. The minimum Gasteiger partial charge on any atom is -0.340 e. The van der Waals surface area contributed by atoms with Gasteiger partial charge in [0, 0.05) is 26.3 Å². The molecule has 0 spiro atoms. The standard InChI is InChI=1S/C17H18Br2N2/c1-20(2)8-3-9-21-16-10-12(18)4-6-14(16)15-7-5-13(19)11-17(15)21/h4-7,10-11H,3,8-9H2,1-2H3. The van der Waals surface area contributed by atoms with Crippen molar-refractivity contribution in [2.75, 3.05) is 20.6 Å². The molecule has 0 radical (unpaired) electrons. The fourth-order valence-corrected chi connectivity index (χ4v) is 3.53. The summed E-state index contributed by atoms with van der Waals surface area (Å²) >= 11 is 7.20. The molecule has 1 aromatic heterocycles. The Hall–Kier alpha value is -0.840. The van der Waals surface area contributed by atoms with Gasteiger partial charge in [0.1, 0.15) is 0 Å². The number of nitrogens with zero attached hydrogens (tertiary/aromatic N) is 2. The second-order valence-electron chi connectivity index (χ2n) is 5.63. The van der Waals surface area contributed by atoms with E-state index in [0.717, 1.165) is 28.5 Å². The summed E-state index contributed by atoms with van der Waals surface area (Å²) in [6, 6.07) is 13.1. The lowest BCUT2D eigenvalue weighted by atomic mass is 10.2. The van der Waals surface area contributed by atoms with Crippen LogP contribution in [0.5, 0.6) is 0 Å². The summed E-state index contributed by atoms with van der Waals surface area (Å²) in [7, 11) is 4.25. The third-order valence-corrected chi connectivity index (χ3v) is 4.76. The van der Waals surface area contributed by atoms with Crippen LogP contribution >= 0.6 is 31.9 Å². The van der Waals surface area contributed by atoms with Crippen molar-refractivity contribution in [1.29, 1.82) is 0 Å². The smallest absolute Gasteiger partial charge is 0.0502 e. The number of hydrogen-bond acceptors (Lipinski definition) is 1. The first-order valence-electron chi connectivity index (χ1n) is 7.08. The number of fused-ring (bicyclic) bond motifs is 3. The van der Waals surface area contributed by atoms with Crippen molar-refractivity contribution >= 4 is 53.7 Å². The lowest BCUT2D eigenvalue weighted by Gasteiger charge is -2.11. The van der Waals surface area contributed by atoms with E-state index in [9.17, 15) is 0 Å². The molecule has 1 heterocycles. The highest BCUT2D eigenvalue weighted by Gasteiger charge is 2.11. The average molecular weight is 410 g/mol. The molecule has 0 saturated carbocycles. The van der Waals surface area contributed by atoms with Gasteiger partial charge in [-0.2, -0.15) is 0 Å². The largest absolute Gasteiger partial charge is 0.340 e. The summed E-state index contributed by atoms with van der Waals surface area (Å²) < 4.78 is 4.69. The molecule has 0 fully saturated rings. The zero-order valence-corrected chi connectivity index (χ0v) is 15.4. The summed E-state index contributed by atoms with van der Waals surface area (Å²) in [6.07, 6.45) is 1.14. The summed E-state index contributed by atoms with van der Waals surface area (Å²) in [5, 5.41) is 2.65. The Kier molecular flexibility index (Phi) is 4.38. The van der Waals surface area contributed by atoms with E-state index in [4.69, 9.17) is 0 Å². The van der Waals surface area contributed by atoms with E-state index in [1.54, 1.807) is 0 Å². The molecule has 21 heavy (non-hydrogen) atoms. The lowest BCUT2D eigenvalue weighted by molar-refractivity contribution is 0.389. The van der Waals surface area contributed by atoms with E-state index in [1.807, 2.05) is 0 Å². The van der Waals surface area contributed by atoms with Crippen LogP contribution in [0, 0.1) is 0 Å². The summed E-state index contributed by atoms with van der Waals surface area (Å²) in [6.45, 7) is 2.13. The molecule has 0 saturated heterocycles. The maximum atomic E-state index is 3.60. The number of rotatable bonds is 4. The average Bonchev–Trinajstić information content (AvgIpc) is 2.71. The van der Waals surface area contributed by atoms with Crippen LogP contribution in [0.3, 0.4) is 0 Å². The molecule has 2 aromatic carbocycles. The minimum atomic E-state index is 1.03. The fourth-order valence-electron chi connectivity index (χ4n) is 2.83. The van der Waals surface area contributed by atoms with Crippen molar-refractivity contribution < 1.29 is 0 Å². The van der Waals surface area contributed by atoms with Gasteiger partial charge in [0.2, 0.25) is 0 Å². The number of aryl methyl sites for hydroxylation is 1. The third kappa shape index (κ3) is 3.03. The fraction of sp³-hybridized carbons (Fsp3) is 0.294. The minimum absolute atomic E-state index is 1.03. The molecule has 0 aliphatic rings. The SMILES string of the molecule is CN(C)CCCn1c2cc(Br)ccc2c2ccc(Br)cc21. The van der Waals surface area contributed by atoms with Crippen molar-refractivity contribution in [2.45, 2.75) is 13.0 Å². The maximum absolute atomic E-state index is 3.60. The van der Waals surface area contributed by atoms with E-state index in [2.05, 4.69) is 91.8 Å². The van der Waals surface area contributed by atoms with E-state index in [0.29, 0.717) is 0 Å². The van der Waals surface area contributed by atoms with Crippen molar-refractivity contribution in [3.8, 4) is 0 Å². The topological polar surface area (TPSA) is 8.17 Å². The summed E-state index contributed by atoms with van der Waals surface area (Å²) in [5.74, 6) is 0. The van der Waals surface area contributed by atoms with Crippen LogP contribution in [0.4, 0.5) is 0 Å². The maximum Gasteiger partial charge on any atom is 0.0502 e. The second-order valence-corrected chi connectivity index (χ2v) is 7.46. The zero-order valence-electron chi connectivity index (χ0n) is 12.2. The third-order valence-electron chi connectivity index (χ3n) is 3.78. The zero-order chi connectivity index (χ0) is 15.0. The van der Waals surface area contributed by atoms with Crippen molar-refractivity contribution in [3.05, 3.63) is 45.3 Å². The Morgan fingerprint density at radius 2 is 1.43 bits per heavy atom. The van der Waals surface area contributed by atoms with E-state index < -0.39 is 0 Å². The highest BCUT2D eigenvalue weighted by atomic mass is 79.9. The van der Waals surface area contributed by atoms with Crippen molar-refractivity contribution in [2.24, 2.45) is 0 Å². The van der Waals surface area contributed by atoms with Gasteiger partial charge in [-0.1, -0.05) is 44.0 Å². The van der Waals surface area contributed by atoms with Crippen LogP contribution in [-0.2, 0) is 6.54 Å². The Morgan fingerprint density at radius 1 is 0.905 bits per heavy atom. The van der Waals surface area contributed by atoms with Gasteiger partial charge in [0.25, 0.3) is 0 Å². The van der Waals surface area contributed by atoms with Gasteiger partial charge in [-0.3, -0.25) is 0 Å². The van der Waals surface area contributed by atoms with Crippen LogP contribution in [0.25, 0.3) is 21.8 Å².